The van der Waals surface area contributed by atoms with Gasteiger partial charge >= 0.3 is 0 Å². The van der Waals surface area contributed by atoms with Crippen molar-refractivity contribution < 1.29 is 0 Å². The van der Waals surface area contributed by atoms with Crippen LogP contribution in [0, 0.1) is 5.41 Å². The topological polar surface area (TPSA) is 73.0 Å². The molecule has 0 atom stereocenters. The molecule has 7 heteroatoms. The van der Waals surface area contributed by atoms with E-state index >= 15 is 0 Å². The molecule has 0 saturated carbocycles. The third kappa shape index (κ3) is 5.25. The molecule has 0 aliphatic rings. The Morgan fingerprint density at radius 3 is 1.39 bits per heavy atom. The van der Waals surface area contributed by atoms with Gasteiger partial charge in [-0.05, 0) is 114 Å². The van der Waals surface area contributed by atoms with Gasteiger partial charge in [-0.1, -0.05) is 115 Å². The number of hydrogen-bond acceptors (Lipinski definition) is 3. The minimum Gasteiger partial charge on any atom is -0.309 e. The van der Waals surface area contributed by atoms with E-state index in [4.69, 9.17) is 4.98 Å². The van der Waals surface area contributed by atoms with E-state index < -0.39 is 0 Å². The lowest BCUT2D eigenvalue weighted by Gasteiger charge is -2.16. The van der Waals surface area contributed by atoms with E-state index in [-0.39, 0.29) is 11.0 Å². The fourth-order valence-corrected chi connectivity index (χ4v) is 9.94. The van der Waals surface area contributed by atoms with Gasteiger partial charge in [0.05, 0.1) is 44.2 Å². The summed E-state index contributed by atoms with van der Waals surface area (Å²) in [5.74, 6) is 0.384. The number of rotatable bonds is 5. The van der Waals surface area contributed by atoms with Crippen LogP contribution >= 0.6 is 0 Å². The summed E-state index contributed by atoms with van der Waals surface area (Å²) in [6.45, 7) is 0. The van der Waals surface area contributed by atoms with Crippen molar-refractivity contribution >= 4 is 71.2 Å². The van der Waals surface area contributed by atoms with Crippen LogP contribution in [-0.2, 0) is 0 Å². The first-order chi connectivity index (χ1) is 31.6. The highest BCUT2D eigenvalue weighted by molar-refractivity contribution is 6.14. The summed E-state index contributed by atoms with van der Waals surface area (Å²) in [4.78, 5) is 20.1. The first kappa shape index (κ1) is 35.9. The normalized spacial score (nSPS) is 11.9. The largest absolute Gasteiger partial charge is 0.309 e. The molecule has 0 radical (unpaired) electrons. The molecule has 0 unspecified atom stereocenters. The van der Waals surface area contributed by atoms with Crippen molar-refractivity contribution in [2.75, 3.05) is 0 Å². The zero-order valence-corrected chi connectivity index (χ0v) is 34.4. The summed E-state index contributed by atoms with van der Waals surface area (Å²) in [5.41, 5.74) is 12.9. The lowest BCUT2D eigenvalue weighted by atomic mass is 9.98. The van der Waals surface area contributed by atoms with Gasteiger partial charge in [0.15, 0.2) is 0 Å². The quantitative estimate of drug-likeness (QED) is 0.139. The van der Waals surface area contributed by atoms with Crippen LogP contribution < -0.4 is 11.0 Å². The van der Waals surface area contributed by atoms with Gasteiger partial charge in [-0.25, -0.2) is 9.38 Å². The maximum atomic E-state index is 14.8. The molecule has 0 aliphatic heterocycles. The molecule has 0 saturated heterocycles. The number of hydrogen-bond donors (Lipinski definition) is 1. The Balaban J connectivity index is 1.05. The van der Waals surface area contributed by atoms with Crippen molar-refractivity contribution in [3.05, 3.63) is 228 Å². The molecular weight excluding hydrogens is 785 g/mol. The summed E-state index contributed by atoms with van der Waals surface area (Å²) < 4.78 is 8.11. The summed E-state index contributed by atoms with van der Waals surface area (Å²) in [7, 11) is 0. The molecule has 0 bridgehead atoms. The van der Waals surface area contributed by atoms with Crippen LogP contribution in [0.2, 0.25) is 0 Å². The lowest BCUT2D eigenvalue weighted by Crippen LogP contribution is -2.28. The molecule has 0 aliphatic carbocycles. The van der Waals surface area contributed by atoms with Gasteiger partial charge < -0.3 is 9.13 Å². The molecule has 7 nitrogen and oxygen atoms in total. The number of aromatic nitrogens is 5. The Morgan fingerprint density at radius 2 is 0.797 bits per heavy atom. The van der Waals surface area contributed by atoms with E-state index in [9.17, 15) is 10.2 Å². The van der Waals surface area contributed by atoms with Gasteiger partial charge in [-0.2, -0.15) is 0 Å². The van der Waals surface area contributed by atoms with Gasteiger partial charge in [0.25, 0.3) is 5.56 Å². The van der Waals surface area contributed by atoms with E-state index in [2.05, 4.69) is 143 Å². The molecule has 13 aromatic rings. The predicted octanol–water partition coefficient (Wildman–Crippen LogP) is 12.8. The maximum Gasteiger partial charge on any atom is 0.267 e. The highest BCUT2D eigenvalue weighted by atomic mass is 16.1. The highest BCUT2D eigenvalue weighted by Crippen LogP contribution is 2.40. The maximum absolute atomic E-state index is 14.8. The van der Waals surface area contributed by atoms with Crippen molar-refractivity contribution in [3.63, 3.8) is 0 Å². The summed E-state index contributed by atoms with van der Waals surface area (Å²) in [6.07, 6.45) is 0. The van der Waals surface area contributed by atoms with Crippen LogP contribution in [0.1, 0.15) is 0 Å². The summed E-state index contributed by atoms with van der Waals surface area (Å²) in [5, 5.41) is 15.2. The Morgan fingerprint density at radius 1 is 0.359 bits per heavy atom. The fraction of sp³-hybridized carbons (Fsp3) is 0. The number of para-hydroxylation sites is 6. The molecule has 64 heavy (non-hydrogen) atoms. The average molecular weight is 821 g/mol. The fourth-order valence-electron chi connectivity index (χ4n) is 9.94. The number of nitrogens with one attached hydrogen (secondary N) is 1. The van der Waals surface area contributed by atoms with Crippen LogP contribution in [0.15, 0.2) is 217 Å². The lowest BCUT2D eigenvalue weighted by molar-refractivity contribution is 0.903. The molecule has 13 rings (SSSR count). The van der Waals surface area contributed by atoms with Crippen molar-refractivity contribution in [3.8, 4) is 39.3 Å². The second-order valence-corrected chi connectivity index (χ2v) is 16.3. The van der Waals surface area contributed by atoms with Gasteiger partial charge in [0.1, 0.15) is 5.49 Å². The van der Waals surface area contributed by atoms with E-state index in [0.29, 0.717) is 27.6 Å². The number of benzene rings is 9. The first-order valence-electron chi connectivity index (χ1n) is 21.4. The van der Waals surface area contributed by atoms with Gasteiger partial charge in [-0.3, -0.25) is 14.8 Å². The minimum absolute atomic E-state index is 0.182. The zero-order chi connectivity index (χ0) is 42.5. The Kier molecular flexibility index (Phi) is 7.77. The third-order valence-corrected chi connectivity index (χ3v) is 12.8. The standard InChI is InChI=1S/C57H36N6O/c58-55-44-22-11-13-26-50(44)63-56(64)45-24-14-23-42(54(45)59-57(63)62(55)41-19-8-3-9-20-41)38-29-32-53-48(35-38)47-34-37(28-31-52(47)61(53)40-17-6-2-7-18-40)36-27-30-51-46(33-36)43-21-10-12-25-49(43)60(51)39-15-4-1-5-16-39/h1-35,58H. The van der Waals surface area contributed by atoms with Crippen LogP contribution in [0.4, 0.5) is 0 Å². The van der Waals surface area contributed by atoms with Gasteiger partial charge in [-0.15, -0.1) is 0 Å². The molecular formula is C57H36N6O. The Labute approximate surface area is 365 Å². The molecule has 0 spiro atoms. The molecule has 9 aromatic carbocycles. The van der Waals surface area contributed by atoms with Crippen LogP contribution in [0.25, 0.3) is 111 Å². The SMILES string of the molecule is N=c1c2ccccc2n2c(=O)c3cccc(-c4ccc5c(c4)c4cc(-c6ccc7c(c6)c6ccccc6n7-c6ccccc6)ccc4n5-c4ccccc4)c3nc2n1-c1ccccc1. The van der Waals surface area contributed by atoms with Crippen molar-refractivity contribution in [1.29, 1.82) is 5.41 Å². The summed E-state index contributed by atoms with van der Waals surface area (Å²) in [6, 6.07) is 73.0. The Hall–Kier alpha value is -8.81. The third-order valence-electron chi connectivity index (χ3n) is 12.8. The smallest absolute Gasteiger partial charge is 0.267 e. The van der Waals surface area contributed by atoms with Crippen molar-refractivity contribution in [1.82, 2.24) is 23.1 Å². The van der Waals surface area contributed by atoms with Crippen molar-refractivity contribution in [2.45, 2.75) is 0 Å². The Bertz CT molecular complexity index is 4160. The van der Waals surface area contributed by atoms with E-state index in [1.165, 1.54) is 21.8 Å². The van der Waals surface area contributed by atoms with Crippen LogP contribution in [0.5, 0.6) is 0 Å². The van der Waals surface area contributed by atoms with Gasteiger partial charge in [0, 0.05) is 43.9 Å². The summed E-state index contributed by atoms with van der Waals surface area (Å²) >= 11 is 0. The molecule has 4 aromatic heterocycles. The number of nitrogens with zero attached hydrogens (tertiary/aromatic N) is 5. The van der Waals surface area contributed by atoms with E-state index in [1.54, 1.807) is 8.97 Å². The second-order valence-electron chi connectivity index (χ2n) is 16.3. The molecule has 0 amide bonds. The molecule has 1 N–H and O–H groups in total. The highest BCUT2D eigenvalue weighted by Gasteiger charge is 2.20. The van der Waals surface area contributed by atoms with Crippen LogP contribution in [0.3, 0.4) is 0 Å². The van der Waals surface area contributed by atoms with Gasteiger partial charge in [0.2, 0.25) is 5.78 Å². The monoisotopic (exact) mass is 820 g/mol. The van der Waals surface area contributed by atoms with E-state index in [0.717, 1.165) is 61.1 Å². The average Bonchev–Trinajstić information content (AvgIpc) is 3.86. The zero-order valence-electron chi connectivity index (χ0n) is 34.4. The molecule has 0 fully saturated rings. The van der Waals surface area contributed by atoms with Crippen LogP contribution in [-0.4, -0.2) is 23.1 Å². The first-order valence-corrected chi connectivity index (χ1v) is 21.4. The minimum atomic E-state index is -0.182. The molecule has 4 heterocycles. The number of fused-ring (bicyclic) bond motifs is 10. The second kappa shape index (κ2) is 13.9. The van der Waals surface area contributed by atoms with Crippen molar-refractivity contribution in [2.24, 2.45) is 0 Å². The predicted molar refractivity (Wildman–Crippen MR) is 261 cm³/mol. The van der Waals surface area contributed by atoms with E-state index in [1.807, 2.05) is 78.9 Å². The molecule has 300 valence electrons.